The number of carbonyl (C=O) groups excluding carboxylic acids is 3. The van der Waals surface area contributed by atoms with Crippen LogP contribution in [0.25, 0.3) is 0 Å². The van der Waals surface area contributed by atoms with E-state index in [0.29, 0.717) is 0 Å². The predicted molar refractivity (Wildman–Crippen MR) is 106 cm³/mol. The predicted octanol–water partition coefficient (Wildman–Crippen LogP) is 6.30. The summed E-state index contributed by atoms with van der Waals surface area (Å²) in [6.45, 7) is 3.83. The number of unbranched alkanes of at least 4 members (excludes halogenated alkanes) is 14. The van der Waals surface area contributed by atoms with Gasteiger partial charge < -0.3 is 4.74 Å². The van der Waals surface area contributed by atoms with E-state index in [1.165, 1.54) is 77.0 Å². The normalized spacial score (nSPS) is 10.7. The second-order valence-electron chi connectivity index (χ2n) is 7.24. The number of hydrogen-bond acceptors (Lipinski definition) is 4. The molecule has 0 spiro atoms. The van der Waals surface area contributed by atoms with E-state index in [-0.39, 0.29) is 12.8 Å². The van der Waals surface area contributed by atoms with Crippen molar-refractivity contribution < 1.29 is 19.1 Å². The summed E-state index contributed by atoms with van der Waals surface area (Å²) >= 11 is 0. The summed E-state index contributed by atoms with van der Waals surface area (Å²) in [6.07, 6.45) is 19.3. The molecule has 0 heterocycles. The lowest BCUT2D eigenvalue weighted by molar-refractivity contribution is -0.164. The molecule has 4 nitrogen and oxygen atoms in total. The van der Waals surface area contributed by atoms with Gasteiger partial charge in [0.2, 0.25) is 5.78 Å². The molecule has 0 unspecified atom stereocenters. The van der Waals surface area contributed by atoms with Crippen molar-refractivity contribution in [3.05, 3.63) is 0 Å². The average molecular weight is 369 g/mol. The Hall–Kier alpha value is -1.19. The molecule has 0 amide bonds. The van der Waals surface area contributed by atoms with Crippen molar-refractivity contribution in [3.8, 4) is 0 Å². The maximum Gasteiger partial charge on any atom is 0.382 e. The second-order valence-corrected chi connectivity index (χ2v) is 7.24. The minimum Gasteiger partial charge on any atom is -0.387 e. The Kier molecular flexibility index (Phi) is 17.7. The van der Waals surface area contributed by atoms with E-state index in [1.807, 2.05) is 0 Å². The Morgan fingerprint density at radius 3 is 1.35 bits per heavy atom. The monoisotopic (exact) mass is 368 g/mol. The molecule has 26 heavy (non-hydrogen) atoms. The number of hydrogen-bond donors (Lipinski definition) is 0. The quantitative estimate of drug-likeness (QED) is 0.123. The lowest BCUT2D eigenvalue weighted by Crippen LogP contribution is -2.20. The van der Waals surface area contributed by atoms with Gasteiger partial charge in [-0.05, 0) is 6.42 Å². The zero-order chi connectivity index (χ0) is 19.5. The maximum atomic E-state index is 11.4. The first kappa shape index (κ1) is 24.8. The Morgan fingerprint density at radius 1 is 0.577 bits per heavy atom. The van der Waals surface area contributed by atoms with Crippen LogP contribution in [0.1, 0.15) is 123 Å². The summed E-state index contributed by atoms with van der Waals surface area (Å²) in [4.78, 5) is 33.6. The summed E-state index contributed by atoms with van der Waals surface area (Å²) < 4.78 is 4.49. The third kappa shape index (κ3) is 16.3. The molecule has 0 aromatic heterocycles. The van der Waals surface area contributed by atoms with Crippen molar-refractivity contribution in [2.45, 2.75) is 123 Å². The summed E-state index contributed by atoms with van der Waals surface area (Å²) in [5, 5.41) is 0. The largest absolute Gasteiger partial charge is 0.387 e. The average Bonchev–Trinajstić information content (AvgIpc) is 2.64. The van der Waals surface area contributed by atoms with Crippen LogP contribution in [0.2, 0.25) is 0 Å². The number of carbonyl (C=O) groups is 3. The highest BCUT2D eigenvalue weighted by Crippen LogP contribution is 2.13. The van der Waals surface area contributed by atoms with Crippen LogP contribution in [0.5, 0.6) is 0 Å². The van der Waals surface area contributed by atoms with Crippen LogP contribution in [0, 0.1) is 0 Å². The van der Waals surface area contributed by atoms with Gasteiger partial charge in [0.05, 0.1) is 0 Å². The van der Waals surface area contributed by atoms with E-state index >= 15 is 0 Å². The minimum atomic E-state index is -1.02. The van der Waals surface area contributed by atoms with Crippen LogP contribution < -0.4 is 0 Å². The molecule has 0 atom stereocenters. The van der Waals surface area contributed by atoms with Crippen LogP contribution in [-0.4, -0.2) is 17.7 Å². The standard InChI is InChI=1S/C22H40O4/c1-3-5-6-7-8-9-10-11-12-13-14-15-16-17-18-19-21(24)26-22(25)20(23)4-2/h3-19H2,1-2H3. The number of Topliss-reactive ketones (excluding diaryl/α,β-unsaturated/α-hetero) is 1. The molecule has 0 aliphatic rings. The summed E-state index contributed by atoms with van der Waals surface area (Å²) in [7, 11) is 0. The van der Waals surface area contributed by atoms with Crippen LogP contribution in [0.3, 0.4) is 0 Å². The SMILES string of the molecule is CCCCCCCCCCCCCCCCCC(=O)OC(=O)C(=O)CC. The second kappa shape index (κ2) is 18.6. The topological polar surface area (TPSA) is 60.4 Å². The Labute approximate surface area is 160 Å². The smallest absolute Gasteiger partial charge is 0.382 e. The number of rotatable bonds is 18. The molecule has 0 aliphatic carbocycles. The fourth-order valence-electron chi connectivity index (χ4n) is 3.00. The zero-order valence-electron chi connectivity index (χ0n) is 17.2. The van der Waals surface area contributed by atoms with Crippen molar-refractivity contribution in [1.29, 1.82) is 0 Å². The Balaban J connectivity index is 3.25. The van der Waals surface area contributed by atoms with Crippen LogP contribution in [0.15, 0.2) is 0 Å². The molecular weight excluding hydrogens is 328 g/mol. The van der Waals surface area contributed by atoms with E-state index in [1.54, 1.807) is 6.92 Å². The molecule has 0 saturated carbocycles. The van der Waals surface area contributed by atoms with Crippen molar-refractivity contribution >= 4 is 17.7 Å². The molecule has 0 aromatic rings. The van der Waals surface area contributed by atoms with Gasteiger partial charge in [0.25, 0.3) is 0 Å². The molecular formula is C22H40O4. The molecule has 152 valence electrons. The molecule has 0 saturated heterocycles. The van der Waals surface area contributed by atoms with Crippen LogP contribution >= 0.6 is 0 Å². The molecule has 0 bridgehead atoms. The van der Waals surface area contributed by atoms with Crippen molar-refractivity contribution in [2.75, 3.05) is 0 Å². The van der Waals surface area contributed by atoms with Gasteiger partial charge in [0.15, 0.2) is 0 Å². The van der Waals surface area contributed by atoms with Gasteiger partial charge in [-0.2, -0.15) is 0 Å². The van der Waals surface area contributed by atoms with E-state index in [4.69, 9.17) is 0 Å². The Bertz CT molecular complexity index is 376. The first-order valence-corrected chi connectivity index (χ1v) is 10.9. The third-order valence-corrected chi connectivity index (χ3v) is 4.74. The van der Waals surface area contributed by atoms with Gasteiger partial charge in [-0.1, -0.05) is 104 Å². The molecule has 0 N–H and O–H groups in total. The summed E-state index contributed by atoms with van der Waals surface area (Å²) in [5.74, 6) is -2.24. The minimum absolute atomic E-state index is 0.0745. The van der Waals surface area contributed by atoms with Gasteiger partial charge in [-0.25, -0.2) is 4.79 Å². The van der Waals surface area contributed by atoms with Crippen LogP contribution in [0.4, 0.5) is 0 Å². The molecule has 0 fully saturated rings. The van der Waals surface area contributed by atoms with Crippen molar-refractivity contribution in [2.24, 2.45) is 0 Å². The summed E-state index contributed by atoms with van der Waals surface area (Å²) in [5.41, 5.74) is 0. The maximum absolute atomic E-state index is 11.4. The van der Waals surface area contributed by atoms with Crippen molar-refractivity contribution in [1.82, 2.24) is 0 Å². The molecule has 4 heteroatoms. The van der Waals surface area contributed by atoms with E-state index < -0.39 is 17.7 Å². The first-order chi connectivity index (χ1) is 12.6. The third-order valence-electron chi connectivity index (χ3n) is 4.74. The van der Waals surface area contributed by atoms with Crippen molar-refractivity contribution in [3.63, 3.8) is 0 Å². The lowest BCUT2D eigenvalue weighted by Gasteiger charge is -2.04. The number of ketones is 1. The van der Waals surface area contributed by atoms with Gasteiger partial charge in [0.1, 0.15) is 0 Å². The molecule has 0 aliphatic heterocycles. The first-order valence-electron chi connectivity index (χ1n) is 10.9. The van der Waals surface area contributed by atoms with Gasteiger partial charge in [-0.15, -0.1) is 0 Å². The van der Waals surface area contributed by atoms with Gasteiger partial charge in [-0.3, -0.25) is 9.59 Å². The van der Waals surface area contributed by atoms with Crippen LogP contribution in [-0.2, 0) is 19.1 Å². The molecule has 0 rings (SSSR count). The fraction of sp³-hybridized carbons (Fsp3) is 0.864. The molecule has 0 aromatic carbocycles. The number of ether oxygens (including phenoxy) is 1. The van der Waals surface area contributed by atoms with E-state index in [9.17, 15) is 14.4 Å². The van der Waals surface area contributed by atoms with E-state index in [2.05, 4.69) is 11.7 Å². The zero-order valence-corrected chi connectivity index (χ0v) is 17.2. The fourth-order valence-corrected chi connectivity index (χ4v) is 3.00. The number of esters is 2. The highest BCUT2D eigenvalue weighted by Gasteiger charge is 2.16. The summed E-state index contributed by atoms with van der Waals surface area (Å²) in [6, 6.07) is 0. The van der Waals surface area contributed by atoms with Gasteiger partial charge >= 0.3 is 11.9 Å². The van der Waals surface area contributed by atoms with Gasteiger partial charge in [0, 0.05) is 12.8 Å². The van der Waals surface area contributed by atoms with E-state index in [0.717, 1.165) is 19.3 Å². The molecule has 0 radical (unpaired) electrons. The highest BCUT2D eigenvalue weighted by molar-refractivity contribution is 6.35. The Morgan fingerprint density at radius 2 is 0.962 bits per heavy atom. The lowest BCUT2D eigenvalue weighted by atomic mass is 10.0. The highest BCUT2D eigenvalue weighted by atomic mass is 16.6.